The van der Waals surface area contributed by atoms with E-state index in [-0.39, 0.29) is 35.0 Å². The second kappa shape index (κ2) is 9.45. The number of rotatable bonds is 5. The van der Waals surface area contributed by atoms with Gasteiger partial charge in [-0.3, -0.25) is 14.9 Å². The molecule has 0 bridgehead atoms. The Labute approximate surface area is 190 Å². The van der Waals surface area contributed by atoms with Crippen molar-refractivity contribution in [1.82, 2.24) is 5.32 Å². The van der Waals surface area contributed by atoms with Gasteiger partial charge >= 0.3 is 0 Å². The first-order valence-corrected chi connectivity index (χ1v) is 11.2. The van der Waals surface area contributed by atoms with Crippen molar-refractivity contribution in [2.75, 3.05) is 12.4 Å². The van der Waals surface area contributed by atoms with Crippen LogP contribution >= 0.6 is 11.6 Å². The van der Waals surface area contributed by atoms with Crippen LogP contribution in [0.5, 0.6) is 5.75 Å². The van der Waals surface area contributed by atoms with Crippen molar-refractivity contribution in [1.29, 1.82) is 0 Å². The molecule has 2 fully saturated rings. The number of carbonyl (C=O) groups is 2. The Morgan fingerprint density at radius 3 is 2.38 bits per heavy atom. The predicted molar refractivity (Wildman–Crippen MR) is 118 cm³/mol. The minimum atomic E-state index is -0.623. The summed E-state index contributed by atoms with van der Waals surface area (Å²) in [7, 11) is 1.50. The Balaban J connectivity index is 1.47. The van der Waals surface area contributed by atoms with Crippen LogP contribution in [0.1, 0.15) is 61.5 Å². The van der Waals surface area contributed by atoms with Crippen LogP contribution in [-0.2, 0) is 9.59 Å². The minimum Gasteiger partial charge on any atom is -0.495 e. The number of methoxy groups -OCH3 is 1. The molecule has 5 nitrogen and oxygen atoms in total. The van der Waals surface area contributed by atoms with E-state index in [1.165, 1.54) is 19.2 Å². The lowest BCUT2D eigenvalue weighted by Crippen LogP contribution is -2.47. The molecule has 170 valence electrons. The molecular formula is C24H25ClF2N2O3. The van der Waals surface area contributed by atoms with Crippen LogP contribution < -0.4 is 15.4 Å². The van der Waals surface area contributed by atoms with Gasteiger partial charge in [-0.15, -0.1) is 0 Å². The molecule has 1 aliphatic carbocycles. The first-order chi connectivity index (χ1) is 15.4. The standard InChI is InChI=1S/C24H25ClF2N2O3/c1-32-22-11-16(18(26)12-21(22)28-20-8-9-23(30)29-24(20)31)14-4-2-13(3-5-14)15-6-7-17(25)19(27)10-15/h6-7,10-14,20,28H,2-5,8-9H2,1H3,(H,29,30,31). The molecule has 2 aromatic rings. The fourth-order valence-corrected chi connectivity index (χ4v) is 4.80. The summed E-state index contributed by atoms with van der Waals surface area (Å²) in [4.78, 5) is 23.4. The molecule has 1 heterocycles. The lowest BCUT2D eigenvalue weighted by Gasteiger charge is -2.30. The summed E-state index contributed by atoms with van der Waals surface area (Å²) in [6.07, 6.45) is 3.76. The number of carbonyl (C=O) groups excluding carboxylic acids is 2. The molecule has 1 unspecified atom stereocenters. The Hall–Kier alpha value is -2.67. The molecule has 0 radical (unpaired) electrons. The number of anilines is 1. The van der Waals surface area contributed by atoms with Gasteiger partial charge in [-0.05, 0) is 73.3 Å². The normalized spacial score (nSPS) is 23.6. The van der Waals surface area contributed by atoms with Crippen LogP contribution in [-0.4, -0.2) is 25.0 Å². The molecule has 0 spiro atoms. The molecular weight excluding hydrogens is 438 g/mol. The first-order valence-electron chi connectivity index (χ1n) is 10.8. The van der Waals surface area contributed by atoms with Crippen LogP contribution in [0, 0.1) is 11.6 Å². The van der Waals surface area contributed by atoms with E-state index < -0.39 is 17.8 Å². The van der Waals surface area contributed by atoms with E-state index in [1.54, 1.807) is 12.1 Å². The molecule has 4 rings (SSSR count). The zero-order valence-corrected chi connectivity index (χ0v) is 18.5. The van der Waals surface area contributed by atoms with E-state index >= 15 is 4.39 Å². The maximum Gasteiger partial charge on any atom is 0.249 e. The lowest BCUT2D eigenvalue weighted by molar-refractivity contribution is -0.133. The summed E-state index contributed by atoms with van der Waals surface area (Å²) >= 11 is 5.79. The summed E-state index contributed by atoms with van der Waals surface area (Å²) in [5.41, 5.74) is 1.89. The molecule has 1 saturated heterocycles. The maximum absolute atomic E-state index is 15.1. The van der Waals surface area contributed by atoms with Crippen LogP contribution in [0.3, 0.4) is 0 Å². The molecule has 2 aliphatic rings. The molecule has 0 aromatic heterocycles. The van der Waals surface area contributed by atoms with Gasteiger partial charge in [0.2, 0.25) is 11.8 Å². The number of amides is 2. The molecule has 8 heteroatoms. The van der Waals surface area contributed by atoms with Crippen molar-refractivity contribution in [2.24, 2.45) is 0 Å². The maximum atomic E-state index is 15.1. The van der Waals surface area contributed by atoms with Gasteiger partial charge in [0, 0.05) is 12.5 Å². The summed E-state index contributed by atoms with van der Waals surface area (Å²) in [6.45, 7) is 0. The largest absolute Gasteiger partial charge is 0.495 e. The van der Waals surface area contributed by atoms with Gasteiger partial charge in [0.1, 0.15) is 23.4 Å². The van der Waals surface area contributed by atoms with E-state index in [2.05, 4.69) is 10.6 Å². The summed E-state index contributed by atoms with van der Waals surface area (Å²) in [5, 5.41) is 5.40. The second-order valence-corrected chi connectivity index (χ2v) is 8.85. The quantitative estimate of drug-likeness (QED) is 0.593. The van der Waals surface area contributed by atoms with Crippen molar-refractivity contribution in [3.63, 3.8) is 0 Å². The van der Waals surface area contributed by atoms with Crippen molar-refractivity contribution in [3.8, 4) is 5.75 Å². The van der Waals surface area contributed by atoms with Gasteiger partial charge in [0.05, 0.1) is 17.8 Å². The molecule has 1 atom stereocenters. The predicted octanol–water partition coefficient (Wildman–Crippen LogP) is 5.29. The van der Waals surface area contributed by atoms with Crippen LogP contribution in [0.2, 0.25) is 5.02 Å². The number of hydrogen-bond donors (Lipinski definition) is 2. The van der Waals surface area contributed by atoms with Crippen LogP contribution in [0.4, 0.5) is 14.5 Å². The number of halogens is 3. The smallest absolute Gasteiger partial charge is 0.249 e. The van der Waals surface area contributed by atoms with Crippen LogP contribution in [0.15, 0.2) is 30.3 Å². The Bertz CT molecular complexity index is 1040. The van der Waals surface area contributed by atoms with Gasteiger partial charge in [-0.2, -0.15) is 0 Å². The van der Waals surface area contributed by atoms with Crippen molar-refractivity contribution < 1.29 is 23.1 Å². The van der Waals surface area contributed by atoms with Gasteiger partial charge in [-0.1, -0.05) is 17.7 Å². The summed E-state index contributed by atoms with van der Waals surface area (Å²) in [5.74, 6) is -0.808. The van der Waals surface area contributed by atoms with Crippen molar-refractivity contribution in [3.05, 3.63) is 58.1 Å². The highest BCUT2D eigenvalue weighted by Gasteiger charge is 2.29. The van der Waals surface area contributed by atoms with Gasteiger partial charge in [0.25, 0.3) is 0 Å². The van der Waals surface area contributed by atoms with E-state index in [1.807, 2.05) is 6.07 Å². The molecule has 2 amide bonds. The van der Waals surface area contributed by atoms with E-state index in [4.69, 9.17) is 16.3 Å². The third kappa shape index (κ3) is 4.72. The second-order valence-electron chi connectivity index (χ2n) is 8.44. The van der Waals surface area contributed by atoms with E-state index in [9.17, 15) is 14.0 Å². The van der Waals surface area contributed by atoms with Crippen molar-refractivity contribution in [2.45, 2.75) is 56.4 Å². The third-order valence-electron chi connectivity index (χ3n) is 6.47. The SMILES string of the molecule is COc1cc(C2CCC(c3ccc(Cl)c(F)c3)CC2)c(F)cc1NC1CCC(=O)NC1=O. The Morgan fingerprint density at radius 2 is 1.72 bits per heavy atom. The van der Waals surface area contributed by atoms with Gasteiger partial charge in [0.15, 0.2) is 0 Å². The number of imide groups is 1. The highest BCUT2D eigenvalue weighted by atomic mass is 35.5. The highest BCUT2D eigenvalue weighted by Crippen LogP contribution is 2.43. The first kappa shape index (κ1) is 22.5. The highest BCUT2D eigenvalue weighted by molar-refractivity contribution is 6.30. The molecule has 1 aliphatic heterocycles. The molecule has 2 N–H and O–H groups in total. The molecule has 32 heavy (non-hydrogen) atoms. The van der Waals surface area contributed by atoms with Gasteiger partial charge < -0.3 is 10.1 Å². The zero-order valence-electron chi connectivity index (χ0n) is 17.7. The Kier molecular flexibility index (Phi) is 6.65. The fourth-order valence-electron chi connectivity index (χ4n) is 4.69. The monoisotopic (exact) mass is 462 g/mol. The minimum absolute atomic E-state index is 0.0296. The number of ether oxygens (including phenoxy) is 1. The number of piperidine rings is 1. The zero-order chi connectivity index (χ0) is 22.8. The van der Waals surface area contributed by atoms with Crippen molar-refractivity contribution >= 4 is 29.1 Å². The van der Waals surface area contributed by atoms with E-state index in [0.29, 0.717) is 23.4 Å². The summed E-state index contributed by atoms with van der Waals surface area (Å²) < 4.78 is 34.3. The van der Waals surface area contributed by atoms with E-state index in [0.717, 1.165) is 31.2 Å². The molecule has 2 aromatic carbocycles. The van der Waals surface area contributed by atoms with Crippen LogP contribution in [0.25, 0.3) is 0 Å². The van der Waals surface area contributed by atoms with Gasteiger partial charge in [-0.25, -0.2) is 8.78 Å². The number of hydrogen-bond acceptors (Lipinski definition) is 4. The molecule has 1 saturated carbocycles. The number of benzene rings is 2. The topological polar surface area (TPSA) is 67.4 Å². The third-order valence-corrected chi connectivity index (χ3v) is 6.78. The average Bonchev–Trinajstić information content (AvgIpc) is 2.78. The fraction of sp³-hybridized carbons (Fsp3) is 0.417. The number of nitrogens with one attached hydrogen (secondary N) is 2. The average molecular weight is 463 g/mol. The summed E-state index contributed by atoms with van der Waals surface area (Å²) in [6, 6.07) is 7.36. The lowest BCUT2D eigenvalue weighted by atomic mass is 9.76. The Morgan fingerprint density at radius 1 is 1.00 bits per heavy atom.